The van der Waals surface area contributed by atoms with Gasteiger partial charge in [-0.05, 0) is 60.0 Å². The van der Waals surface area contributed by atoms with Crippen molar-refractivity contribution in [2.24, 2.45) is 0 Å². The molecule has 0 N–H and O–H groups in total. The summed E-state index contributed by atoms with van der Waals surface area (Å²) in [7, 11) is 2.66. The van der Waals surface area contributed by atoms with Gasteiger partial charge in [-0.2, -0.15) is 26.3 Å². The Morgan fingerprint density at radius 3 is 1.74 bits per heavy atom. The van der Waals surface area contributed by atoms with Crippen LogP contribution in [0.2, 0.25) is 0 Å². The van der Waals surface area contributed by atoms with E-state index in [0.29, 0.717) is 26.6 Å². The van der Waals surface area contributed by atoms with E-state index in [4.69, 9.17) is 9.47 Å². The van der Waals surface area contributed by atoms with Crippen LogP contribution in [0.15, 0.2) is 66.7 Å². The Bertz CT molecular complexity index is 1520. The van der Waals surface area contributed by atoms with Crippen LogP contribution in [0.1, 0.15) is 16.0 Å². The van der Waals surface area contributed by atoms with Gasteiger partial charge in [0.05, 0.1) is 14.2 Å². The summed E-state index contributed by atoms with van der Waals surface area (Å²) >= 11 is 1.97. The van der Waals surface area contributed by atoms with Crippen LogP contribution in [0.3, 0.4) is 0 Å². The number of ether oxygens (including phenoxy) is 2. The zero-order chi connectivity index (χ0) is 27.5. The predicted molar refractivity (Wildman–Crippen MR) is 139 cm³/mol. The molecule has 0 aliphatic heterocycles. The van der Waals surface area contributed by atoms with Crippen molar-refractivity contribution in [3.63, 3.8) is 0 Å². The molecule has 0 bridgehead atoms. The van der Waals surface area contributed by atoms with Crippen LogP contribution < -0.4 is 9.47 Å². The van der Waals surface area contributed by atoms with Gasteiger partial charge in [-0.3, -0.25) is 0 Å². The molecule has 5 rings (SSSR count). The molecule has 2 nitrogen and oxygen atoms in total. The Labute approximate surface area is 222 Å². The molecule has 0 saturated heterocycles. The zero-order valence-corrected chi connectivity index (χ0v) is 21.9. The van der Waals surface area contributed by atoms with E-state index in [1.54, 1.807) is 54.6 Å². The lowest BCUT2D eigenvalue weighted by Crippen LogP contribution is -2.48. The summed E-state index contributed by atoms with van der Waals surface area (Å²) < 4.78 is 102. The van der Waals surface area contributed by atoms with Crippen LogP contribution in [-0.2, 0) is 0 Å². The van der Waals surface area contributed by atoms with Gasteiger partial charge < -0.3 is 9.47 Å². The molecule has 2 aromatic heterocycles. The molecule has 0 amide bonds. The van der Waals surface area contributed by atoms with Gasteiger partial charge in [0.25, 0.3) is 0 Å². The zero-order valence-electron chi connectivity index (χ0n) is 20.3. The summed E-state index contributed by atoms with van der Waals surface area (Å²) in [6, 6.07) is 17.7. The molecule has 198 valence electrons. The Balaban J connectivity index is 1.77. The van der Waals surface area contributed by atoms with Gasteiger partial charge in [0.15, 0.2) is 5.06 Å². The molecule has 2 aromatic carbocycles. The SMILES string of the molecule is COc1ccc(-c2cc(C3=C(c4cc(-c5ccccc5)sc4C)C(F)(F)C(F)(F)C3(F)F)c(OC)s2)cc1. The van der Waals surface area contributed by atoms with Crippen molar-refractivity contribution in [1.29, 1.82) is 0 Å². The van der Waals surface area contributed by atoms with E-state index in [2.05, 4.69) is 0 Å². The first kappa shape index (κ1) is 26.4. The molecule has 0 atom stereocenters. The third-order valence-corrected chi connectivity index (χ3v) is 8.68. The van der Waals surface area contributed by atoms with Crippen molar-refractivity contribution in [2.75, 3.05) is 14.2 Å². The molecule has 0 unspecified atom stereocenters. The molecule has 2 heterocycles. The highest BCUT2D eigenvalue weighted by atomic mass is 32.1. The van der Waals surface area contributed by atoms with Crippen molar-refractivity contribution in [3.8, 4) is 31.7 Å². The summed E-state index contributed by atoms with van der Waals surface area (Å²) in [5.74, 6) is -15.4. The molecule has 10 heteroatoms. The molecule has 0 fully saturated rings. The minimum Gasteiger partial charge on any atom is -0.497 e. The maximum Gasteiger partial charge on any atom is 0.380 e. The van der Waals surface area contributed by atoms with Gasteiger partial charge >= 0.3 is 17.8 Å². The lowest BCUT2D eigenvalue weighted by atomic mass is 9.95. The van der Waals surface area contributed by atoms with Gasteiger partial charge in [0, 0.05) is 31.3 Å². The van der Waals surface area contributed by atoms with E-state index < -0.39 is 34.5 Å². The van der Waals surface area contributed by atoms with E-state index in [1.807, 2.05) is 0 Å². The fourth-order valence-electron chi connectivity index (χ4n) is 4.51. The molecular formula is C28H20F6O2S2. The molecule has 1 aliphatic carbocycles. The van der Waals surface area contributed by atoms with Crippen LogP contribution in [0.25, 0.3) is 32.0 Å². The number of thiophene rings is 2. The van der Waals surface area contributed by atoms with Crippen LogP contribution in [0.5, 0.6) is 10.8 Å². The summed E-state index contributed by atoms with van der Waals surface area (Å²) in [6.45, 7) is 1.45. The number of aryl methyl sites for hydroxylation is 1. The maximum absolute atomic E-state index is 15.4. The standard InChI is InChI=1S/C28H20F6O2S2/c1-15-19(13-21(37-15)16-7-5-4-6-8-16)23-24(27(31,32)28(33,34)26(23,29)30)20-14-22(38-25(20)36-3)17-9-11-18(35-2)12-10-17/h4-14H,1-3H3. The topological polar surface area (TPSA) is 18.5 Å². The van der Waals surface area contributed by atoms with E-state index >= 15 is 17.6 Å². The first-order valence-corrected chi connectivity index (χ1v) is 12.9. The van der Waals surface area contributed by atoms with Crippen LogP contribution >= 0.6 is 22.7 Å². The highest BCUT2D eigenvalue weighted by Gasteiger charge is 2.80. The van der Waals surface area contributed by atoms with Crippen molar-refractivity contribution < 1.29 is 35.8 Å². The van der Waals surface area contributed by atoms with Crippen molar-refractivity contribution in [2.45, 2.75) is 24.7 Å². The normalized spacial score (nSPS) is 17.6. The van der Waals surface area contributed by atoms with Crippen LogP contribution in [0.4, 0.5) is 26.3 Å². The molecule has 4 aromatic rings. The molecule has 1 aliphatic rings. The van der Waals surface area contributed by atoms with Crippen molar-refractivity contribution in [3.05, 3.63) is 82.7 Å². The highest BCUT2D eigenvalue weighted by Crippen LogP contribution is 2.66. The van der Waals surface area contributed by atoms with E-state index in [0.717, 1.165) is 22.7 Å². The van der Waals surface area contributed by atoms with Gasteiger partial charge in [0.1, 0.15) is 5.75 Å². The second-order valence-electron chi connectivity index (χ2n) is 8.66. The number of hydrogen-bond acceptors (Lipinski definition) is 4. The molecule has 38 heavy (non-hydrogen) atoms. The fourth-order valence-corrected chi connectivity index (χ4v) is 6.52. The largest absolute Gasteiger partial charge is 0.497 e. The van der Waals surface area contributed by atoms with Crippen molar-refractivity contribution in [1.82, 2.24) is 0 Å². The Morgan fingerprint density at radius 2 is 1.16 bits per heavy atom. The number of rotatable bonds is 6. The van der Waals surface area contributed by atoms with Crippen LogP contribution in [0, 0.1) is 6.92 Å². The summed E-state index contributed by atoms with van der Waals surface area (Å²) in [5.41, 5.74) is -2.44. The first-order chi connectivity index (χ1) is 17.9. The number of methoxy groups -OCH3 is 2. The molecule has 0 saturated carbocycles. The lowest BCUT2D eigenvalue weighted by molar-refractivity contribution is -0.254. The van der Waals surface area contributed by atoms with E-state index in [-0.39, 0.29) is 15.5 Å². The lowest BCUT2D eigenvalue weighted by Gasteiger charge is -2.25. The minimum atomic E-state index is -5.65. The molecular weight excluding hydrogens is 546 g/mol. The number of hydrogen-bond donors (Lipinski definition) is 0. The van der Waals surface area contributed by atoms with Gasteiger partial charge in [-0.1, -0.05) is 41.7 Å². The highest BCUT2D eigenvalue weighted by molar-refractivity contribution is 7.17. The first-order valence-electron chi connectivity index (χ1n) is 11.3. The quantitative estimate of drug-likeness (QED) is 0.217. The second kappa shape index (κ2) is 9.20. The summed E-state index contributed by atoms with van der Waals surface area (Å²) in [5, 5.41) is -0.173. The number of benzene rings is 2. The maximum atomic E-state index is 15.4. The van der Waals surface area contributed by atoms with Crippen LogP contribution in [-0.4, -0.2) is 32.0 Å². The monoisotopic (exact) mass is 566 g/mol. The Morgan fingerprint density at radius 1 is 0.632 bits per heavy atom. The Kier molecular flexibility index (Phi) is 6.38. The second-order valence-corrected chi connectivity index (χ2v) is 10.9. The molecule has 0 radical (unpaired) electrons. The van der Waals surface area contributed by atoms with Gasteiger partial charge in [-0.25, -0.2) is 0 Å². The predicted octanol–water partition coefficient (Wildman–Crippen LogP) is 9.30. The summed E-state index contributed by atoms with van der Waals surface area (Å²) in [4.78, 5) is 1.09. The van der Waals surface area contributed by atoms with Gasteiger partial charge in [0.2, 0.25) is 0 Å². The number of allylic oxidation sites excluding steroid dienone is 2. The van der Waals surface area contributed by atoms with E-state index in [1.165, 1.54) is 33.3 Å². The average Bonchev–Trinajstić information content (AvgIpc) is 3.52. The van der Waals surface area contributed by atoms with Gasteiger partial charge in [-0.15, -0.1) is 11.3 Å². The fraction of sp³-hybridized carbons (Fsp3) is 0.214. The average molecular weight is 567 g/mol. The third-order valence-electron chi connectivity index (χ3n) is 6.44. The van der Waals surface area contributed by atoms with Crippen molar-refractivity contribution >= 4 is 33.8 Å². The summed E-state index contributed by atoms with van der Waals surface area (Å²) in [6.07, 6.45) is 0. The number of alkyl halides is 6. The van der Waals surface area contributed by atoms with E-state index in [9.17, 15) is 8.78 Å². The number of halogens is 6. The smallest absolute Gasteiger partial charge is 0.380 e. The Hall–Kier alpha value is -3.24. The molecule has 0 spiro atoms. The minimum absolute atomic E-state index is 0.173. The third kappa shape index (κ3) is 3.84.